The lowest BCUT2D eigenvalue weighted by atomic mass is 10.1. The van der Waals surface area contributed by atoms with Crippen LogP contribution in [0, 0.1) is 0 Å². The summed E-state index contributed by atoms with van der Waals surface area (Å²) in [5.41, 5.74) is 2.08. The fraction of sp³-hybridized carbons (Fsp3) is 0.217. The number of nitrogens with one attached hydrogen (secondary N) is 1. The Labute approximate surface area is 168 Å². The zero-order valence-corrected chi connectivity index (χ0v) is 16.6. The summed E-state index contributed by atoms with van der Waals surface area (Å²) in [5, 5.41) is 14.9. The smallest absolute Gasteiger partial charge is 0.138 e. The monoisotopic (exact) mass is 389 g/mol. The molecule has 0 saturated carbocycles. The van der Waals surface area contributed by atoms with Gasteiger partial charge >= 0.3 is 0 Å². The second kappa shape index (κ2) is 8.50. The van der Waals surface area contributed by atoms with Crippen molar-refractivity contribution in [1.29, 1.82) is 0 Å². The maximum Gasteiger partial charge on any atom is 0.138 e. The van der Waals surface area contributed by atoms with Gasteiger partial charge < -0.3 is 10.4 Å². The van der Waals surface area contributed by atoms with Gasteiger partial charge in [-0.2, -0.15) is 0 Å². The average Bonchev–Trinajstić information content (AvgIpc) is 3.16. The number of aliphatic hydroxyl groups excluding tert-OH is 1. The van der Waals surface area contributed by atoms with E-state index in [1.807, 2.05) is 48.5 Å². The van der Waals surface area contributed by atoms with Crippen molar-refractivity contribution in [2.75, 3.05) is 11.9 Å². The largest absolute Gasteiger partial charge is 0.387 e. The van der Waals surface area contributed by atoms with E-state index < -0.39 is 6.10 Å². The molecule has 28 heavy (non-hydrogen) atoms. The summed E-state index contributed by atoms with van der Waals surface area (Å²) in [7, 11) is 0. The Morgan fingerprint density at radius 3 is 2.43 bits per heavy atom. The fourth-order valence-corrected chi connectivity index (χ4v) is 4.15. The van der Waals surface area contributed by atoms with Crippen molar-refractivity contribution < 1.29 is 5.11 Å². The van der Waals surface area contributed by atoms with Crippen molar-refractivity contribution in [2.24, 2.45) is 0 Å². The van der Waals surface area contributed by atoms with Crippen molar-refractivity contribution in [2.45, 2.75) is 25.9 Å². The van der Waals surface area contributed by atoms with Gasteiger partial charge in [0.05, 0.1) is 11.5 Å². The maximum atomic E-state index is 10.5. The molecule has 1 unspecified atom stereocenters. The van der Waals surface area contributed by atoms with Crippen LogP contribution in [0.1, 0.15) is 34.9 Å². The van der Waals surface area contributed by atoms with Gasteiger partial charge in [0, 0.05) is 17.8 Å². The van der Waals surface area contributed by atoms with Crippen molar-refractivity contribution in [3.05, 3.63) is 88.6 Å². The molecule has 0 fully saturated rings. The van der Waals surface area contributed by atoms with Gasteiger partial charge in [-0.15, -0.1) is 11.3 Å². The molecule has 1 atom stereocenters. The topological polar surface area (TPSA) is 58.0 Å². The van der Waals surface area contributed by atoms with E-state index in [0.29, 0.717) is 13.0 Å². The highest BCUT2D eigenvalue weighted by atomic mass is 32.1. The van der Waals surface area contributed by atoms with Gasteiger partial charge in [-0.25, -0.2) is 9.97 Å². The molecule has 5 heteroatoms. The number of aryl methyl sites for hydroxylation is 1. The average molecular weight is 390 g/mol. The van der Waals surface area contributed by atoms with E-state index in [-0.39, 0.29) is 0 Å². The molecular formula is C23H23N3OS. The first-order valence-electron chi connectivity index (χ1n) is 9.53. The Kier molecular flexibility index (Phi) is 5.65. The molecule has 2 heterocycles. The van der Waals surface area contributed by atoms with Crippen LogP contribution in [0.2, 0.25) is 0 Å². The molecule has 0 radical (unpaired) electrons. The molecule has 142 valence electrons. The molecule has 0 spiro atoms. The minimum absolute atomic E-state index is 0.401. The number of aliphatic hydroxyl groups is 1. The molecule has 0 aliphatic rings. The van der Waals surface area contributed by atoms with E-state index in [2.05, 4.69) is 30.4 Å². The third-order valence-electron chi connectivity index (χ3n) is 4.69. The number of fused-ring (bicyclic) bond motifs is 1. The molecule has 0 saturated heterocycles. The summed E-state index contributed by atoms with van der Waals surface area (Å²) >= 11 is 1.71. The van der Waals surface area contributed by atoms with Crippen LogP contribution >= 0.6 is 11.3 Å². The Balaban J connectivity index is 1.62. The number of hydrogen-bond acceptors (Lipinski definition) is 5. The van der Waals surface area contributed by atoms with E-state index >= 15 is 0 Å². The molecule has 2 aromatic carbocycles. The van der Waals surface area contributed by atoms with Crippen LogP contribution < -0.4 is 5.32 Å². The first-order chi connectivity index (χ1) is 13.7. The quantitative estimate of drug-likeness (QED) is 0.467. The minimum Gasteiger partial charge on any atom is -0.387 e. The molecule has 0 aliphatic carbocycles. The first-order valence-corrected chi connectivity index (χ1v) is 10.3. The summed E-state index contributed by atoms with van der Waals surface area (Å²) < 4.78 is 0. The fourth-order valence-electron chi connectivity index (χ4n) is 3.17. The molecular weight excluding hydrogens is 366 g/mol. The van der Waals surface area contributed by atoms with Crippen molar-refractivity contribution in [1.82, 2.24) is 9.97 Å². The summed E-state index contributed by atoms with van der Waals surface area (Å²) in [6.45, 7) is 2.55. The van der Waals surface area contributed by atoms with Crippen LogP contribution in [-0.4, -0.2) is 21.6 Å². The SMILES string of the molecule is CCc1cc2c(NCC(O)c3ccccc3)nc(Cc3ccccc3)nc2s1. The maximum absolute atomic E-state index is 10.5. The number of thiophene rings is 1. The highest BCUT2D eigenvalue weighted by Gasteiger charge is 2.14. The normalized spacial score (nSPS) is 12.2. The van der Waals surface area contributed by atoms with Gasteiger partial charge in [-0.3, -0.25) is 0 Å². The van der Waals surface area contributed by atoms with Gasteiger partial charge in [-0.1, -0.05) is 67.6 Å². The van der Waals surface area contributed by atoms with E-state index in [9.17, 15) is 5.11 Å². The predicted molar refractivity (Wildman–Crippen MR) is 116 cm³/mol. The number of benzene rings is 2. The van der Waals surface area contributed by atoms with Crippen molar-refractivity contribution >= 4 is 27.4 Å². The minimum atomic E-state index is -0.590. The molecule has 0 amide bonds. The molecule has 2 aromatic heterocycles. The predicted octanol–water partition coefficient (Wildman–Crippen LogP) is 4.99. The van der Waals surface area contributed by atoms with Gasteiger partial charge in [0.2, 0.25) is 0 Å². The Morgan fingerprint density at radius 1 is 1.00 bits per heavy atom. The lowest BCUT2D eigenvalue weighted by Gasteiger charge is -2.14. The first kappa shape index (κ1) is 18.6. The van der Waals surface area contributed by atoms with Gasteiger partial charge in [0.1, 0.15) is 16.5 Å². The van der Waals surface area contributed by atoms with Crippen LogP contribution in [0.15, 0.2) is 66.7 Å². The van der Waals surface area contributed by atoms with Crippen LogP contribution in [0.5, 0.6) is 0 Å². The number of nitrogens with zero attached hydrogens (tertiary/aromatic N) is 2. The lowest BCUT2D eigenvalue weighted by molar-refractivity contribution is 0.191. The Hall–Kier alpha value is -2.76. The summed E-state index contributed by atoms with van der Waals surface area (Å²) in [6, 6.07) is 22.1. The number of hydrogen-bond donors (Lipinski definition) is 2. The summed E-state index contributed by atoms with van der Waals surface area (Å²) in [5.74, 6) is 1.58. The van der Waals surface area contributed by atoms with Crippen LogP contribution in [-0.2, 0) is 12.8 Å². The van der Waals surface area contributed by atoms with Crippen LogP contribution in [0.4, 0.5) is 5.82 Å². The molecule has 0 bridgehead atoms. The highest BCUT2D eigenvalue weighted by Crippen LogP contribution is 2.30. The third-order valence-corrected chi connectivity index (χ3v) is 5.86. The van der Waals surface area contributed by atoms with E-state index in [1.54, 1.807) is 11.3 Å². The molecule has 0 aliphatic heterocycles. The van der Waals surface area contributed by atoms with E-state index in [1.165, 1.54) is 10.4 Å². The van der Waals surface area contributed by atoms with Crippen molar-refractivity contribution in [3.8, 4) is 0 Å². The van der Waals surface area contributed by atoms with E-state index in [4.69, 9.17) is 9.97 Å². The molecule has 4 aromatic rings. The summed E-state index contributed by atoms with van der Waals surface area (Å²) in [4.78, 5) is 11.9. The second-order valence-corrected chi connectivity index (χ2v) is 7.86. The number of anilines is 1. The summed E-state index contributed by atoms with van der Waals surface area (Å²) in [6.07, 6.45) is 1.07. The molecule has 4 nitrogen and oxygen atoms in total. The van der Waals surface area contributed by atoms with Gasteiger partial charge in [0.25, 0.3) is 0 Å². The third kappa shape index (κ3) is 4.21. The zero-order chi connectivity index (χ0) is 19.3. The van der Waals surface area contributed by atoms with E-state index in [0.717, 1.165) is 33.8 Å². The van der Waals surface area contributed by atoms with Gasteiger partial charge in [0.15, 0.2) is 0 Å². The highest BCUT2D eigenvalue weighted by molar-refractivity contribution is 7.18. The number of aromatic nitrogens is 2. The molecule has 4 rings (SSSR count). The van der Waals surface area contributed by atoms with Crippen molar-refractivity contribution in [3.63, 3.8) is 0 Å². The Bertz CT molecular complexity index is 1050. The standard InChI is InChI=1S/C23H23N3OS/c1-2-18-14-19-22(24-15-20(27)17-11-7-4-8-12-17)25-21(26-23(19)28-18)13-16-9-5-3-6-10-16/h3-12,14,20,27H,2,13,15H2,1H3,(H,24,25,26). The lowest BCUT2D eigenvalue weighted by Crippen LogP contribution is -2.14. The number of rotatable bonds is 7. The zero-order valence-electron chi connectivity index (χ0n) is 15.8. The Morgan fingerprint density at radius 2 is 1.71 bits per heavy atom. The molecule has 2 N–H and O–H groups in total. The van der Waals surface area contributed by atoms with Gasteiger partial charge in [-0.05, 0) is 23.6 Å². The van der Waals surface area contributed by atoms with Crippen LogP contribution in [0.25, 0.3) is 10.2 Å². The second-order valence-electron chi connectivity index (χ2n) is 6.74. The van der Waals surface area contributed by atoms with Crippen LogP contribution in [0.3, 0.4) is 0 Å².